The summed E-state index contributed by atoms with van der Waals surface area (Å²) in [5.74, 6) is 1.84. The Morgan fingerprint density at radius 1 is 1.03 bits per heavy atom. The van der Waals surface area contributed by atoms with Gasteiger partial charge < -0.3 is 14.6 Å². The van der Waals surface area contributed by atoms with Crippen molar-refractivity contribution in [2.24, 2.45) is 0 Å². The van der Waals surface area contributed by atoms with Crippen LogP contribution >= 0.6 is 11.8 Å². The van der Waals surface area contributed by atoms with E-state index in [0.29, 0.717) is 24.0 Å². The maximum atomic E-state index is 13.1. The molecule has 194 valence electrons. The van der Waals surface area contributed by atoms with Crippen LogP contribution in [0.5, 0.6) is 0 Å². The molecule has 0 aliphatic carbocycles. The molecular formula is C28H39N5O2S. The molecule has 0 radical (unpaired) electrons. The predicted octanol–water partition coefficient (Wildman–Crippen LogP) is 5.60. The molecule has 1 fully saturated rings. The molecule has 7 nitrogen and oxygen atoms in total. The Hall–Kier alpha value is -2.42. The fraction of sp³-hybridized carbons (Fsp3) is 0.536. The molecule has 1 aliphatic rings. The van der Waals surface area contributed by atoms with Crippen molar-refractivity contribution in [1.82, 2.24) is 19.8 Å². The highest BCUT2D eigenvalue weighted by atomic mass is 32.2. The minimum Gasteiger partial charge on any atom is -0.441 e. The molecule has 8 heteroatoms. The van der Waals surface area contributed by atoms with Gasteiger partial charge in [0.1, 0.15) is 0 Å². The summed E-state index contributed by atoms with van der Waals surface area (Å²) in [7, 11) is 0. The standard InChI is InChI=1S/C28H39N5O2S/c1-20(2)22-8-5-9-23(21(3)4)26(22)31-25(34)18-33-13-6-12-32(15-16-33)14-7-17-36-24-10-11-29-28-27(24)35-19-30-28/h5,8-11,19-21H,6-7,12-18H2,1-4H3,(H,31,34). The highest BCUT2D eigenvalue weighted by Gasteiger charge is 2.20. The van der Waals surface area contributed by atoms with E-state index in [4.69, 9.17) is 4.42 Å². The maximum Gasteiger partial charge on any atom is 0.238 e. The number of hydrogen-bond donors (Lipinski definition) is 1. The summed E-state index contributed by atoms with van der Waals surface area (Å²) in [4.78, 5) is 27.4. The van der Waals surface area contributed by atoms with E-state index in [1.54, 1.807) is 18.0 Å². The average Bonchev–Trinajstić information content (AvgIpc) is 3.23. The van der Waals surface area contributed by atoms with Gasteiger partial charge in [-0.1, -0.05) is 45.9 Å². The smallest absolute Gasteiger partial charge is 0.238 e. The molecule has 36 heavy (non-hydrogen) atoms. The van der Waals surface area contributed by atoms with Gasteiger partial charge in [-0.3, -0.25) is 9.69 Å². The number of oxazole rings is 1. The Bertz CT molecular complexity index is 1120. The molecule has 1 N–H and O–H groups in total. The zero-order chi connectivity index (χ0) is 25.5. The molecule has 0 spiro atoms. The van der Waals surface area contributed by atoms with E-state index in [2.05, 4.69) is 71.0 Å². The number of carbonyl (C=O) groups excluding carboxylic acids is 1. The lowest BCUT2D eigenvalue weighted by molar-refractivity contribution is -0.117. The molecule has 0 atom stereocenters. The van der Waals surface area contributed by atoms with Crippen molar-refractivity contribution in [3.05, 3.63) is 48.0 Å². The first-order valence-corrected chi connectivity index (χ1v) is 14.1. The Labute approximate surface area is 219 Å². The van der Waals surface area contributed by atoms with Crippen molar-refractivity contribution >= 4 is 34.6 Å². The number of nitrogens with zero attached hydrogens (tertiary/aromatic N) is 4. The van der Waals surface area contributed by atoms with E-state index in [1.807, 2.05) is 6.07 Å². The van der Waals surface area contributed by atoms with Gasteiger partial charge >= 0.3 is 0 Å². The van der Waals surface area contributed by atoms with Gasteiger partial charge in [0, 0.05) is 25.0 Å². The van der Waals surface area contributed by atoms with Crippen molar-refractivity contribution < 1.29 is 9.21 Å². The van der Waals surface area contributed by atoms with Crippen LogP contribution in [0, 0.1) is 0 Å². The largest absolute Gasteiger partial charge is 0.441 e. The third-order valence-corrected chi connectivity index (χ3v) is 7.88. The van der Waals surface area contributed by atoms with Gasteiger partial charge in [-0.05, 0) is 67.3 Å². The predicted molar refractivity (Wildman–Crippen MR) is 148 cm³/mol. The minimum absolute atomic E-state index is 0.0888. The van der Waals surface area contributed by atoms with E-state index in [0.717, 1.165) is 67.5 Å². The summed E-state index contributed by atoms with van der Waals surface area (Å²) in [6.07, 6.45) is 5.44. The van der Waals surface area contributed by atoms with Crippen LogP contribution in [0.4, 0.5) is 5.69 Å². The Morgan fingerprint density at radius 3 is 2.50 bits per heavy atom. The minimum atomic E-state index is 0.0888. The van der Waals surface area contributed by atoms with Gasteiger partial charge in [-0.2, -0.15) is 4.98 Å². The second-order valence-electron chi connectivity index (χ2n) is 10.2. The molecule has 0 saturated carbocycles. The number of pyridine rings is 1. The number of aromatic nitrogens is 2. The van der Waals surface area contributed by atoms with Crippen LogP contribution in [0.25, 0.3) is 11.2 Å². The second-order valence-corrected chi connectivity index (χ2v) is 11.3. The van der Waals surface area contributed by atoms with Crippen molar-refractivity contribution in [3.8, 4) is 0 Å². The number of rotatable bonds is 10. The van der Waals surface area contributed by atoms with Crippen LogP contribution in [0.15, 0.2) is 46.2 Å². The number of nitrogens with one attached hydrogen (secondary N) is 1. The van der Waals surface area contributed by atoms with E-state index in [9.17, 15) is 4.79 Å². The van der Waals surface area contributed by atoms with Gasteiger partial charge in [0.2, 0.25) is 5.91 Å². The summed E-state index contributed by atoms with van der Waals surface area (Å²) >= 11 is 1.80. The van der Waals surface area contributed by atoms with Crippen LogP contribution in [0.3, 0.4) is 0 Å². The highest BCUT2D eigenvalue weighted by molar-refractivity contribution is 7.99. The number of thioether (sulfide) groups is 1. The highest BCUT2D eigenvalue weighted by Crippen LogP contribution is 2.32. The molecular weight excluding hydrogens is 470 g/mol. The summed E-state index contributed by atoms with van der Waals surface area (Å²) in [5.41, 5.74) is 4.89. The summed E-state index contributed by atoms with van der Waals surface area (Å²) in [6.45, 7) is 14.2. The Morgan fingerprint density at radius 2 is 1.75 bits per heavy atom. The molecule has 0 unspecified atom stereocenters. The van der Waals surface area contributed by atoms with Crippen LogP contribution in [-0.2, 0) is 4.79 Å². The van der Waals surface area contributed by atoms with E-state index in [1.165, 1.54) is 17.5 Å². The molecule has 4 rings (SSSR count). The SMILES string of the molecule is CC(C)c1cccc(C(C)C)c1NC(=O)CN1CCCN(CCCSc2ccnc3ncoc23)CC1. The Kier molecular flexibility index (Phi) is 9.40. The molecule has 3 aromatic rings. The van der Waals surface area contributed by atoms with Gasteiger partial charge in [0.15, 0.2) is 17.6 Å². The molecule has 3 heterocycles. The third-order valence-electron chi connectivity index (χ3n) is 6.76. The van der Waals surface area contributed by atoms with E-state index >= 15 is 0 Å². The number of benzene rings is 1. The van der Waals surface area contributed by atoms with Crippen LogP contribution in [0.2, 0.25) is 0 Å². The lowest BCUT2D eigenvalue weighted by Crippen LogP contribution is -2.37. The third kappa shape index (κ3) is 6.87. The number of fused-ring (bicyclic) bond motifs is 1. The number of hydrogen-bond acceptors (Lipinski definition) is 7. The second kappa shape index (κ2) is 12.7. The first kappa shape index (κ1) is 26.6. The number of amides is 1. The summed E-state index contributed by atoms with van der Waals surface area (Å²) in [5, 5.41) is 3.28. The molecule has 1 amide bonds. The van der Waals surface area contributed by atoms with Crippen LogP contribution in [0.1, 0.15) is 63.5 Å². The van der Waals surface area contributed by atoms with Crippen molar-refractivity contribution in [3.63, 3.8) is 0 Å². The molecule has 1 aromatic carbocycles. The number of anilines is 1. The quantitative estimate of drug-likeness (QED) is 0.282. The van der Waals surface area contributed by atoms with Crippen molar-refractivity contribution in [2.75, 3.05) is 50.3 Å². The van der Waals surface area contributed by atoms with Gasteiger partial charge in [0.05, 0.1) is 11.4 Å². The topological polar surface area (TPSA) is 74.5 Å². The molecule has 1 saturated heterocycles. The monoisotopic (exact) mass is 509 g/mol. The number of carbonyl (C=O) groups is 1. The van der Waals surface area contributed by atoms with Gasteiger partial charge in [0.25, 0.3) is 0 Å². The normalized spacial score (nSPS) is 15.6. The van der Waals surface area contributed by atoms with E-state index in [-0.39, 0.29) is 5.91 Å². The first-order chi connectivity index (χ1) is 17.4. The van der Waals surface area contributed by atoms with Crippen molar-refractivity contribution in [1.29, 1.82) is 0 Å². The van der Waals surface area contributed by atoms with Gasteiger partial charge in [-0.15, -0.1) is 11.8 Å². The summed E-state index contributed by atoms with van der Waals surface area (Å²) < 4.78 is 5.49. The summed E-state index contributed by atoms with van der Waals surface area (Å²) in [6, 6.07) is 8.37. The fourth-order valence-electron chi connectivity index (χ4n) is 4.82. The van der Waals surface area contributed by atoms with E-state index < -0.39 is 0 Å². The Balaban J connectivity index is 1.23. The number of para-hydroxylation sites is 1. The van der Waals surface area contributed by atoms with Gasteiger partial charge in [-0.25, -0.2) is 4.98 Å². The van der Waals surface area contributed by atoms with Crippen molar-refractivity contribution in [2.45, 2.75) is 57.3 Å². The molecule has 2 aromatic heterocycles. The first-order valence-electron chi connectivity index (χ1n) is 13.1. The lowest BCUT2D eigenvalue weighted by atomic mass is 9.92. The molecule has 0 bridgehead atoms. The lowest BCUT2D eigenvalue weighted by Gasteiger charge is -2.23. The molecule has 1 aliphatic heterocycles. The zero-order valence-electron chi connectivity index (χ0n) is 22.0. The van der Waals surface area contributed by atoms with Crippen LogP contribution < -0.4 is 5.32 Å². The van der Waals surface area contributed by atoms with Crippen LogP contribution in [-0.4, -0.2) is 70.7 Å². The zero-order valence-corrected chi connectivity index (χ0v) is 22.8. The fourth-order valence-corrected chi connectivity index (χ4v) is 5.74. The maximum absolute atomic E-state index is 13.1. The average molecular weight is 510 g/mol.